The molecule has 0 aliphatic heterocycles. The Bertz CT molecular complexity index is 918. The van der Waals surface area contributed by atoms with Crippen molar-refractivity contribution in [3.05, 3.63) is 41.0 Å². The molecule has 0 radical (unpaired) electrons. The van der Waals surface area contributed by atoms with Crippen LogP contribution >= 0.6 is 0 Å². The van der Waals surface area contributed by atoms with Crippen LogP contribution in [0, 0.1) is 11.3 Å². The molecule has 1 aromatic rings. The van der Waals surface area contributed by atoms with Crippen LogP contribution in [0.2, 0.25) is 0 Å². The summed E-state index contributed by atoms with van der Waals surface area (Å²) in [5.74, 6) is 0.632. The molecule has 6 nitrogen and oxygen atoms in total. The quantitative estimate of drug-likeness (QED) is 0.480. The fourth-order valence-corrected chi connectivity index (χ4v) is 5.81. The second kappa shape index (κ2) is 6.34. The highest BCUT2D eigenvalue weighted by Gasteiger charge is 2.53. The maximum absolute atomic E-state index is 11.5. The maximum atomic E-state index is 11.5. The third-order valence-corrected chi connectivity index (χ3v) is 6.99. The minimum atomic E-state index is -4.52. The minimum absolute atomic E-state index is 0.0144. The Morgan fingerprint density at radius 1 is 1.26 bits per heavy atom. The van der Waals surface area contributed by atoms with Crippen LogP contribution in [0.5, 0.6) is 5.75 Å². The van der Waals surface area contributed by atoms with Crippen molar-refractivity contribution in [1.29, 1.82) is 0 Å². The zero-order valence-electron chi connectivity index (χ0n) is 15.5. The fourth-order valence-electron chi connectivity index (χ4n) is 5.46. The molecule has 0 amide bonds. The first-order chi connectivity index (χ1) is 12.7. The number of benzene rings is 1. The Kier molecular flexibility index (Phi) is 4.35. The number of hydrogen-bond acceptors (Lipinski definition) is 5. The molecule has 0 unspecified atom stereocenters. The van der Waals surface area contributed by atoms with Crippen LogP contribution in [0.25, 0.3) is 0 Å². The largest absolute Gasteiger partial charge is 0.462 e. The predicted molar refractivity (Wildman–Crippen MR) is 98.8 cm³/mol. The average molecular weight is 392 g/mol. The summed E-state index contributed by atoms with van der Waals surface area (Å²) < 4.78 is 41.0. The maximum Gasteiger partial charge on any atom is 0.446 e. The number of carbonyl (C=O) groups excluding carboxylic acids is 1. The molecule has 0 saturated heterocycles. The molecule has 0 heterocycles. The van der Waals surface area contributed by atoms with E-state index in [0.29, 0.717) is 18.3 Å². The van der Waals surface area contributed by atoms with Gasteiger partial charge in [0.1, 0.15) is 11.9 Å². The molecule has 4 atom stereocenters. The van der Waals surface area contributed by atoms with Crippen LogP contribution < -0.4 is 4.18 Å². The van der Waals surface area contributed by atoms with E-state index in [4.69, 9.17) is 9.29 Å². The lowest BCUT2D eigenvalue weighted by Crippen LogP contribution is -2.41. The van der Waals surface area contributed by atoms with Crippen molar-refractivity contribution in [3.8, 4) is 5.75 Å². The third-order valence-electron chi connectivity index (χ3n) is 6.58. The number of esters is 1. The molecule has 146 valence electrons. The summed E-state index contributed by atoms with van der Waals surface area (Å²) in [7, 11) is -4.52. The van der Waals surface area contributed by atoms with Gasteiger partial charge in [-0.2, -0.15) is 8.42 Å². The van der Waals surface area contributed by atoms with E-state index in [1.807, 2.05) is 6.07 Å². The molecular weight excluding hydrogens is 368 g/mol. The van der Waals surface area contributed by atoms with Gasteiger partial charge in [0.15, 0.2) is 0 Å². The van der Waals surface area contributed by atoms with Crippen molar-refractivity contribution in [1.82, 2.24) is 0 Å². The minimum Gasteiger partial charge on any atom is -0.462 e. The van der Waals surface area contributed by atoms with Crippen LogP contribution in [0.1, 0.15) is 56.6 Å². The molecule has 1 N–H and O–H groups in total. The lowest BCUT2D eigenvalue weighted by atomic mass is 9.59. The number of fused-ring (bicyclic) bond motifs is 5. The zero-order chi connectivity index (χ0) is 19.4. The van der Waals surface area contributed by atoms with Crippen molar-refractivity contribution in [2.24, 2.45) is 11.3 Å². The van der Waals surface area contributed by atoms with Gasteiger partial charge in [-0.05, 0) is 61.3 Å². The van der Waals surface area contributed by atoms with E-state index >= 15 is 0 Å². The van der Waals surface area contributed by atoms with E-state index < -0.39 is 10.4 Å². The fraction of sp³-hybridized carbons (Fsp3) is 0.550. The van der Waals surface area contributed by atoms with Gasteiger partial charge in [-0.1, -0.05) is 24.6 Å². The summed E-state index contributed by atoms with van der Waals surface area (Å²) in [6, 6.07) is 5.20. The Labute approximate surface area is 159 Å². The molecule has 27 heavy (non-hydrogen) atoms. The normalized spacial score (nSPS) is 32.0. The standard InChI is InChI=1S/C20H24O6S/c1-12(21)25-19-8-7-18-17-5-3-13-11-14(26-27(22,23)24)4-6-15(13)16(17)9-10-20(18,19)2/h4-6,11,16,18-19H,3,7-10H2,1-2H3,(H,22,23,24)/t16-,18+,19-,20+/m1/s1. The van der Waals surface area contributed by atoms with Crippen molar-refractivity contribution in [2.45, 2.75) is 58.0 Å². The van der Waals surface area contributed by atoms with E-state index in [-0.39, 0.29) is 23.2 Å². The average Bonchev–Trinajstić information content (AvgIpc) is 2.89. The van der Waals surface area contributed by atoms with Crippen LogP contribution in [-0.4, -0.2) is 25.0 Å². The molecule has 0 spiro atoms. The van der Waals surface area contributed by atoms with Crippen molar-refractivity contribution in [3.63, 3.8) is 0 Å². The second-order valence-corrected chi connectivity index (χ2v) is 9.13. The third kappa shape index (κ3) is 3.27. The molecule has 2 saturated carbocycles. The number of rotatable bonds is 3. The van der Waals surface area contributed by atoms with Gasteiger partial charge >= 0.3 is 16.4 Å². The van der Waals surface area contributed by atoms with Gasteiger partial charge < -0.3 is 8.92 Å². The van der Waals surface area contributed by atoms with E-state index in [1.165, 1.54) is 18.1 Å². The van der Waals surface area contributed by atoms with Crippen LogP contribution in [-0.2, 0) is 26.4 Å². The topological polar surface area (TPSA) is 89.9 Å². The van der Waals surface area contributed by atoms with E-state index in [1.54, 1.807) is 12.1 Å². The summed E-state index contributed by atoms with van der Waals surface area (Å²) in [4.78, 5) is 11.5. The van der Waals surface area contributed by atoms with Crippen molar-refractivity contribution < 1.29 is 26.7 Å². The molecule has 4 rings (SSSR count). The Morgan fingerprint density at radius 2 is 2.04 bits per heavy atom. The highest BCUT2D eigenvalue weighted by atomic mass is 32.3. The van der Waals surface area contributed by atoms with Gasteiger partial charge in [0, 0.05) is 18.3 Å². The molecule has 0 bridgehead atoms. The van der Waals surface area contributed by atoms with E-state index in [9.17, 15) is 13.2 Å². The molecular formula is C20H24O6S. The van der Waals surface area contributed by atoms with Crippen molar-refractivity contribution >= 4 is 16.4 Å². The lowest BCUT2D eigenvalue weighted by Gasteiger charge is -2.46. The van der Waals surface area contributed by atoms with Gasteiger partial charge in [0.05, 0.1) is 0 Å². The van der Waals surface area contributed by atoms with Gasteiger partial charge in [-0.15, -0.1) is 0 Å². The Balaban J connectivity index is 1.62. The monoisotopic (exact) mass is 392 g/mol. The van der Waals surface area contributed by atoms with Gasteiger partial charge in [0.25, 0.3) is 0 Å². The molecule has 1 aromatic carbocycles. The van der Waals surface area contributed by atoms with Crippen LogP contribution in [0.3, 0.4) is 0 Å². The molecule has 3 aliphatic rings. The SMILES string of the molecule is CC(=O)O[C@@H]1CC[C@H]2C3=CCc4cc(OS(=O)(=O)O)ccc4[C@H]3CC[C@]12C. The smallest absolute Gasteiger partial charge is 0.446 e. The predicted octanol–water partition coefficient (Wildman–Crippen LogP) is 3.58. The van der Waals surface area contributed by atoms with E-state index in [2.05, 4.69) is 17.2 Å². The summed E-state index contributed by atoms with van der Waals surface area (Å²) >= 11 is 0. The highest BCUT2D eigenvalue weighted by molar-refractivity contribution is 7.81. The first kappa shape index (κ1) is 18.5. The first-order valence-electron chi connectivity index (χ1n) is 9.34. The van der Waals surface area contributed by atoms with Crippen LogP contribution in [0.4, 0.5) is 0 Å². The highest BCUT2D eigenvalue weighted by Crippen LogP contribution is 2.60. The summed E-state index contributed by atoms with van der Waals surface area (Å²) in [6.07, 6.45) is 6.82. The van der Waals surface area contributed by atoms with Gasteiger partial charge in [-0.25, -0.2) is 0 Å². The molecule has 7 heteroatoms. The molecule has 2 fully saturated rings. The lowest BCUT2D eigenvalue weighted by molar-refractivity contribution is -0.152. The molecule has 3 aliphatic carbocycles. The van der Waals surface area contributed by atoms with Crippen molar-refractivity contribution in [2.75, 3.05) is 0 Å². The van der Waals surface area contributed by atoms with Gasteiger partial charge in [-0.3, -0.25) is 9.35 Å². The summed E-state index contributed by atoms with van der Waals surface area (Å²) in [6.45, 7) is 3.72. The van der Waals surface area contributed by atoms with Crippen LogP contribution in [0.15, 0.2) is 29.8 Å². The number of ether oxygens (including phenoxy) is 1. The Hall–Kier alpha value is -1.86. The summed E-state index contributed by atoms with van der Waals surface area (Å²) in [5, 5.41) is 0. The first-order valence-corrected chi connectivity index (χ1v) is 10.7. The zero-order valence-corrected chi connectivity index (χ0v) is 16.3. The number of carbonyl (C=O) groups is 1. The Morgan fingerprint density at radius 3 is 2.74 bits per heavy atom. The number of allylic oxidation sites excluding steroid dienone is 2. The summed E-state index contributed by atoms with van der Waals surface area (Å²) in [5.41, 5.74) is 3.64. The number of hydrogen-bond donors (Lipinski definition) is 1. The molecule has 0 aromatic heterocycles. The van der Waals surface area contributed by atoms with E-state index in [0.717, 1.165) is 31.2 Å². The second-order valence-electron chi connectivity index (χ2n) is 8.11. The van der Waals surface area contributed by atoms with Gasteiger partial charge in [0.2, 0.25) is 0 Å².